The molecule has 1 aromatic carbocycles. The molecule has 2 heterocycles. The highest BCUT2D eigenvalue weighted by molar-refractivity contribution is 7.93. The van der Waals surface area contributed by atoms with Crippen LogP contribution in [0.2, 0.25) is 0 Å². The second-order valence-corrected chi connectivity index (χ2v) is 7.33. The Bertz CT molecular complexity index is 926. The molecule has 0 aliphatic heterocycles. The molecule has 0 radical (unpaired) electrons. The van der Waals surface area contributed by atoms with Crippen LogP contribution in [-0.4, -0.2) is 23.2 Å². The SMILES string of the molecule is Cc1ccc2nc(NS(=O)(=O)c3cn(C)nc3N)sc2c1. The molecular formula is C12H13N5O2S2. The lowest BCUT2D eigenvalue weighted by molar-refractivity contribution is 0.601. The van der Waals surface area contributed by atoms with Crippen LogP contribution < -0.4 is 10.5 Å². The van der Waals surface area contributed by atoms with Crippen LogP contribution in [0.1, 0.15) is 5.56 Å². The summed E-state index contributed by atoms with van der Waals surface area (Å²) in [4.78, 5) is 4.21. The number of nitrogens with two attached hydrogens (primary N) is 1. The van der Waals surface area contributed by atoms with E-state index in [0.29, 0.717) is 5.13 Å². The van der Waals surface area contributed by atoms with Crippen molar-refractivity contribution in [1.82, 2.24) is 14.8 Å². The zero-order valence-corrected chi connectivity index (χ0v) is 13.0. The van der Waals surface area contributed by atoms with E-state index in [1.165, 1.54) is 22.2 Å². The van der Waals surface area contributed by atoms with E-state index in [4.69, 9.17) is 5.73 Å². The van der Waals surface area contributed by atoms with E-state index in [9.17, 15) is 8.42 Å². The van der Waals surface area contributed by atoms with Crippen molar-refractivity contribution in [3.05, 3.63) is 30.0 Å². The van der Waals surface area contributed by atoms with Gasteiger partial charge in [0.05, 0.1) is 10.2 Å². The fraction of sp³-hybridized carbons (Fsp3) is 0.167. The molecule has 0 saturated carbocycles. The number of hydrogen-bond acceptors (Lipinski definition) is 6. The van der Waals surface area contributed by atoms with E-state index in [0.717, 1.165) is 15.8 Å². The van der Waals surface area contributed by atoms with Gasteiger partial charge in [-0.25, -0.2) is 13.4 Å². The first kappa shape index (κ1) is 13.8. The maximum absolute atomic E-state index is 12.3. The summed E-state index contributed by atoms with van der Waals surface area (Å²) in [6, 6.07) is 5.75. The summed E-state index contributed by atoms with van der Waals surface area (Å²) in [5, 5.41) is 4.14. The quantitative estimate of drug-likeness (QED) is 0.764. The first-order chi connectivity index (χ1) is 9.85. The molecule has 0 aliphatic carbocycles. The number of nitrogen functional groups attached to an aromatic ring is 1. The summed E-state index contributed by atoms with van der Waals surface area (Å²) >= 11 is 1.28. The van der Waals surface area contributed by atoms with Gasteiger partial charge in [0.15, 0.2) is 10.9 Å². The number of rotatable bonds is 3. The van der Waals surface area contributed by atoms with E-state index in [1.807, 2.05) is 25.1 Å². The van der Waals surface area contributed by atoms with E-state index < -0.39 is 10.0 Å². The fourth-order valence-electron chi connectivity index (χ4n) is 1.94. The third-order valence-corrected chi connectivity index (χ3v) is 5.30. The van der Waals surface area contributed by atoms with Gasteiger partial charge in [-0.15, -0.1) is 0 Å². The minimum Gasteiger partial charge on any atom is -0.381 e. The van der Waals surface area contributed by atoms with Gasteiger partial charge in [0.1, 0.15) is 4.90 Å². The van der Waals surface area contributed by atoms with Gasteiger partial charge in [-0.05, 0) is 24.6 Å². The Labute approximate surface area is 125 Å². The predicted octanol–water partition coefficient (Wildman–Crippen LogP) is 1.72. The van der Waals surface area contributed by atoms with E-state index in [-0.39, 0.29) is 10.7 Å². The molecule has 3 N–H and O–H groups in total. The molecule has 9 heteroatoms. The van der Waals surface area contributed by atoms with Crippen molar-refractivity contribution < 1.29 is 8.42 Å². The highest BCUT2D eigenvalue weighted by Gasteiger charge is 2.22. The van der Waals surface area contributed by atoms with Crippen LogP contribution in [0.15, 0.2) is 29.3 Å². The van der Waals surface area contributed by atoms with Crippen LogP contribution in [0.3, 0.4) is 0 Å². The topological polar surface area (TPSA) is 103 Å². The van der Waals surface area contributed by atoms with Crippen molar-refractivity contribution in [1.29, 1.82) is 0 Å². The van der Waals surface area contributed by atoms with E-state index in [1.54, 1.807) is 7.05 Å². The summed E-state index contributed by atoms with van der Waals surface area (Å²) in [5.41, 5.74) is 7.45. The number of fused-ring (bicyclic) bond motifs is 1. The van der Waals surface area contributed by atoms with Gasteiger partial charge in [-0.1, -0.05) is 17.4 Å². The minimum absolute atomic E-state index is 0.0399. The van der Waals surface area contributed by atoms with E-state index >= 15 is 0 Å². The van der Waals surface area contributed by atoms with Gasteiger partial charge >= 0.3 is 0 Å². The van der Waals surface area contributed by atoms with E-state index in [2.05, 4.69) is 14.8 Å². The fourth-order valence-corrected chi connectivity index (χ4v) is 4.24. The lowest BCUT2D eigenvalue weighted by Crippen LogP contribution is -2.13. The van der Waals surface area contributed by atoms with Crippen LogP contribution in [0.5, 0.6) is 0 Å². The largest absolute Gasteiger partial charge is 0.381 e. The van der Waals surface area contributed by atoms with Gasteiger partial charge in [-0.2, -0.15) is 5.10 Å². The Morgan fingerprint density at radius 3 is 2.81 bits per heavy atom. The Morgan fingerprint density at radius 2 is 2.14 bits per heavy atom. The summed E-state index contributed by atoms with van der Waals surface area (Å²) in [7, 11) is -2.18. The molecule has 0 amide bonds. The second kappa shape index (κ2) is 4.71. The molecule has 0 unspecified atom stereocenters. The number of benzene rings is 1. The molecule has 2 aromatic heterocycles. The van der Waals surface area contributed by atoms with Crippen LogP contribution in [-0.2, 0) is 17.1 Å². The summed E-state index contributed by atoms with van der Waals surface area (Å²) < 4.78 is 29.3. The summed E-state index contributed by atoms with van der Waals surface area (Å²) in [5.74, 6) is -0.0399. The van der Waals surface area contributed by atoms with Gasteiger partial charge in [0, 0.05) is 13.2 Å². The zero-order chi connectivity index (χ0) is 15.2. The van der Waals surface area contributed by atoms with Crippen molar-refractivity contribution in [3.8, 4) is 0 Å². The van der Waals surface area contributed by atoms with Crippen molar-refractivity contribution in [2.75, 3.05) is 10.5 Å². The number of thiazole rings is 1. The Balaban J connectivity index is 1.99. The average molecular weight is 323 g/mol. The van der Waals surface area contributed by atoms with Crippen LogP contribution >= 0.6 is 11.3 Å². The lowest BCUT2D eigenvalue weighted by atomic mass is 10.2. The van der Waals surface area contributed by atoms with Gasteiger partial charge in [0.25, 0.3) is 10.0 Å². The van der Waals surface area contributed by atoms with Gasteiger partial charge < -0.3 is 5.73 Å². The number of aromatic nitrogens is 3. The number of nitrogens with zero attached hydrogens (tertiary/aromatic N) is 3. The van der Waals surface area contributed by atoms with Crippen molar-refractivity contribution in [3.63, 3.8) is 0 Å². The van der Waals surface area contributed by atoms with Crippen LogP contribution in [0.25, 0.3) is 10.2 Å². The lowest BCUT2D eigenvalue weighted by Gasteiger charge is -2.02. The molecule has 0 atom stereocenters. The molecule has 110 valence electrons. The molecule has 21 heavy (non-hydrogen) atoms. The normalized spacial score (nSPS) is 11.9. The number of sulfonamides is 1. The minimum atomic E-state index is -3.79. The Kier molecular flexibility index (Phi) is 3.10. The highest BCUT2D eigenvalue weighted by atomic mass is 32.2. The molecular weight excluding hydrogens is 310 g/mol. The molecule has 3 rings (SSSR count). The molecule has 3 aromatic rings. The number of nitrogens with one attached hydrogen (secondary N) is 1. The molecule has 7 nitrogen and oxygen atoms in total. The highest BCUT2D eigenvalue weighted by Crippen LogP contribution is 2.29. The molecule has 0 aliphatic rings. The second-order valence-electron chi connectivity index (χ2n) is 4.65. The Hall–Kier alpha value is -2.13. The van der Waals surface area contributed by atoms with Crippen LogP contribution in [0, 0.1) is 6.92 Å². The summed E-state index contributed by atoms with van der Waals surface area (Å²) in [6.07, 6.45) is 1.36. The monoisotopic (exact) mass is 323 g/mol. The molecule has 0 spiro atoms. The smallest absolute Gasteiger partial charge is 0.268 e. The van der Waals surface area contributed by atoms with Crippen molar-refractivity contribution in [2.24, 2.45) is 7.05 Å². The van der Waals surface area contributed by atoms with Crippen molar-refractivity contribution >= 4 is 42.5 Å². The predicted molar refractivity (Wildman–Crippen MR) is 82.8 cm³/mol. The zero-order valence-electron chi connectivity index (χ0n) is 11.4. The standard InChI is InChI=1S/C12H13N5O2S2/c1-7-3-4-8-9(5-7)20-12(14-8)16-21(18,19)10-6-17(2)15-11(10)13/h3-6H,1-2H3,(H2,13,15)(H,14,16). The Morgan fingerprint density at radius 1 is 1.38 bits per heavy atom. The van der Waals surface area contributed by atoms with Gasteiger partial charge in [0.2, 0.25) is 0 Å². The molecule has 0 saturated heterocycles. The van der Waals surface area contributed by atoms with Gasteiger partial charge in [-0.3, -0.25) is 9.40 Å². The molecule has 0 fully saturated rings. The maximum atomic E-state index is 12.3. The maximum Gasteiger partial charge on any atom is 0.268 e. The number of anilines is 2. The first-order valence-electron chi connectivity index (χ1n) is 6.04. The third-order valence-electron chi connectivity index (χ3n) is 2.88. The number of aryl methyl sites for hydroxylation is 2. The molecule has 0 bridgehead atoms. The number of hydrogen-bond donors (Lipinski definition) is 2. The average Bonchev–Trinajstić information content (AvgIpc) is 2.91. The third kappa shape index (κ3) is 2.57. The van der Waals surface area contributed by atoms with Crippen LogP contribution in [0.4, 0.5) is 10.9 Å². The summed E-state index contributed by atoms with van der Waals surface area (Å²) in [6.45, 7) is 1.97. The van der Waals surface area contributed by atoms with Crippen molar-refractivity contribution in [2.45, 2.75) is 11.8 Å². The first-order valence-corrected chi connectivity index (χ1v) is 8.34.